The Morgan fingerprint density at radius 3 is 2.29 bits per heavy atom. The van der Waals surface area contributed by atoms with E-state index in [4.69, 9.17) is 0 Å². The van der Waals surface area contributed by atoms with E-state index in [1.165, 1.54) is 5.56 Å². The molecule has 0 unspecified atom stereocenters. The van der Waals surface area contributed by atoms with Crippen LogP contribution in [0.15, 0.2) is 42.5 Å². The van der Waals surface area contributed by atoms with E-state index < -0.39 is 0 Å². The Bertz CT molecular complexity index is 909. The molecule has 168 valence electrons. The van der Waals surface area contributed by atoms with E-state index in [1.54, 1.807) is 0 Å². The van der Waals surface area contributed by atoms with Crippen LogP contribution in [0.4, 0.5) is 17.1 Å². The number of hydrogen-bond donors (Lipinski definition) is 1. The minimum absolute atomic E-state index is 0. The number of para-hydroxylation sites is 1. The van der Waals surface area contributed by atoms with Crippen molar-refractivity contribution < 1.29 is 9.59 Å². The number of nitrogens with one attached hydrogen (secondary N) is 1. The van der Waals surface area contributed by atoms with Crippen LogP contribution >= 0.6 is 12.4 Å². The molecule has 0 spiro atoms. The van der Waals surface area contributed by atoms with E-state index in [1.807, 2.05) is 55.1 Å². The first-order valence-electron chi connectivity index (χ1n) is 11.0. The molecular formula is C25H34ClN3O2. The van der Waals surface area contributed by atoms with E-state index in [-0.39, 0.29) is 30.1 Å². The lowest BCUT2D eigenvalue weighted by atomic mass is 10.0. The normalized spacial score (nSPS) is 12.6. The highest BCUT2D eigenvalue weighted by molar-refractivity contribution is 6.03. The van der Waals surface area contributed by atoms with Gasteiger partial charge >= 0.3 is 0 Å². The van der Waals surface area contributed by atoms with Gasteiger partial charge in [-0.15, -0.1) is 12.4 Å². The lowest BCUT2D eigenvalue weighted by Gasteiger charge is -2.27. The highest BCUT2D eigenvalue weighted by atomic mass is 35.5. The van der Waals surface area contributed by atoms with Crippen molar-refractivity contribution in [3.8, 4) is 0 Å². The molecule has 1 aliphatic heterocycles. The predicted molar refractivity (Wildman–Crippen MR) is 131 cm³/mol. The molecule has 6 heteroatoms. The molecule has 5 nitrogen and oxygen atoms in total. The molecule has 0 radical (unpaired) electrons. The van der Waals surface area contributed by atoms with Crippen LogP contribution in [-0.2, 0) is 22.4 Å². The maximum Gasteiger partial charge on any atom is 0.232 e. The Morgan fingerprint density at radius 1 is 1.00 bits per heavy atom. The van der Waals surface area contributed by atoms with Gasteiger partial charge in [0.1, 0.15) is 0 Å². The second-order valence-corrected chi connectivity index (χ2v) is 8.12. The van der Waals surface area contributed by atoms with Crippen molar-refractivity contribution in [3.05, 3.63) is 53.6 Å². The number of amides is 2. The Hall–Kier alpha value is -2.37. The van der Waals surface area contributed by atoms with Gasteiger partial charge in [-0.1, -0.05) is 52.0 Å². The molecule has 1 heterocycles. The highest BCUT2D eigenvalue weighted by Crippen LogP contribution is 2.38. The Balaban J connectivity index is 0.00000341. The Morgan fingerprint density at radius 2 is 1.65 bits per heavy atom. The third-order valence-corrected chi connectivity index (χ3v) is 5.80. The quantitative estimate of drug-likeness (QED) is 0.640. The summed E-state index contributed by atoms with van der Waals surface area (Å²) in [6.45, 7) is 10.6. The zero-order valence-electron chi connectivity index (χ0n) is 19.0. The third kappa shape index (κ3) is 5.86. The van der Waals surface area contributed by atoms with E-state index in [9.17, 15) is 9.59 Å². The van der Waals surface area contributed by atoms with Gasteiger partial charge in [-0.05, 0) is 55.3 Å². The largest absolute Gasteiger partial charge is 0.326 e. The maximum atomic E-state index is 13.5. The number of halogens is 1. The van der Waals surface area contributed by atoms with Crippen LogP contribution in [0.2, 0.25) is 0 Å². The van der Waals surface area contributed by atoms with Crippen molar-refractivity contribution in [2.75, 3.05) is 29.9 Å². The van der Waals surface area contributed by atoms with Crippen LogP contribution in [-0.4, -0.2) is 36.3 Å². The van der Waals surface area contributed by atoms with Crippen molar-refractivity contribution in [1.82, 2.24) is 4.90 Å². The van der Waals surface area contributed by atoms with Crippen LogP contribution < -0.4 is 10.2 Å². The topological polar surface area (TPSA) is 52.7 Å². The SMILES string of the molecule is CCN(CC)CCC(=O)N1c2ccccc2CCc2ccc(NC(=O)C(C)C)cc21.Cl. The molecule has 0 atom stereocenters. The van der Waals surface area contributed by atoms with E-state index in [2.05, 4.69) is 30.1 Å². The molecule has 0 bridgehead atoms. The fourth-order valence-electron chi connectivity index (χ4n) is 3.86. The molecule has 1 N–H and O–H groups in total. The van der Waals surface area contributed by atoms with Gasteiger partial charge < -0.3 is 10.2 Å². The molecule has 2 aromatic rings. The summed E-state index contributed by atoms with van der Waals surface area (Å²) in [5.74, 6) is -0.0374. The molecule has 0 saturated heterocycles. The number of rotatable bonds is 7. The van der Waals surface area contributed by atoms with Crippen molar-refractivity contribution >= 4 is 41.3 Å². The average Bonchev–Trinajstić information content (AvgIpc) is 2.90. The number of benzene rings is 2. The molecule has 31 heavy (non-hydrogen) atoms. The maximum absolute atomic E-state index is 13.5. The highest BCUT2D eigenvalue weighted by Gasteiger charge is 2.26. The summed E-state index contributed by atoms with van der Waals surface area (Å²) in [5.41, 5.74) is 4.87. The minimum Gasteiger partial charge on any atom is -0.326 e. The fraction of sp³-hybridized carbons (Fsp3) is 0.440. The van der Waals surface area contributed by atoms with Gasteiger partial charge in [0.2, 0.25) is 11.8 Å². The lowest BCUT2D eigenvalue weighted by molar-refractivity contribution is -0.119. The third-order valence-electron chi connectivity index (χ3n) is 5.80. The van der Waals surface area contributed by atoms with Crippen molar-refractivity contribution in [2.45, 2.75) is 47.0 Å². The van der Waals surface area contributed by atoms with Gasteiger partial charge in [0.15, 0.2) is 0 Å². The van der Waals surface area contributed by atoms with Crippen molar-refractivity contribution in [3.63, 3.8) is 0 Å². The molecule has 3 rings (SSSR count). The molecule has 0 saturated carbocycles. The first-order chi connectivity index (χ1) is 14.4. The predicted octanol–water partition coefficient (Wildman–Crippen LogP) is 5.20. The summed E-state index contributed by atoms with van der Waals surface area (Å²) in [4.78, 5) is 29.8. The number of carbonyl (C=O) groups excluding carboxylic acids is 2. The van der Waals surface area contributed by atoms with Gasteiger partial charge in [-0.3, -0.25) is 14.5 Å². The van der Waals surface area contributed by atoms with Crippen LogP contribution in [0, 0.1) is 5.92 Å². The van der Waals surface area contributed by atoms with Crippen LogP contribution in [0.25, 0.3) is 0 Å². The minimum atomic E-state index is -0.101. The number of nitrogens with zero attached hydrogens (tertiary/aromatic N) is 2. The fourth-order valence-corrected chi connectivity index (χ4v) is 3.86. The van der Waals surface area contributed by atoms with Gasteiger partial charge in [0.05, 0.1) is 11.4 Å². The first kappa shape index (κ1) is 24.9. The zero-order valence-corrected chi connectivity index (χ0v) is 19.8. The summed E-state index contributed by atoms with van der Waals surface area (Å²) in [7, 11) is 0. The number of anilines is 3. The van der Waals surface area contributed by atoms with E-state index >= 15 is 0 Å². The molecule has 1 aliphatic rings. The standard InChI is InChI=1S/C25H33N3O2.ClH/c1-5-27(6-2)16-15-24(29)28-22-10-8-7-9-19(22)11-12-20-13-14-21(17-23(20)28)26-25(30)18(3)4;/h7-10,13-14,17-18H,5-6,11-12,15-16H2,1-4H3,(H,26,30);1H. The van der Waals surface area contributed by atoms with E-state index in [0.29, 0.717) is 6.42 Å². The van der Waals surface area contributed by atoms with Crippen LogP contribution in [0.3, 0.4) is 0 Å². The van der Waals surface area contributed by atoms with Crippen molar-refractivity contribution in [1.29, 1.82) is 0 Å². The number of hydrogen-bond acceptors (Lipinski definition) is 3. The van der Waals surface area contributed by atoms with Gasteiger partial charge in [0.25, 0.3) is 0 Å². The van der Waals surface area contributed by atoms with Crippen LogP contribution in [0.5, 0.6) is 0 Å². The number of fused-ring (bicyclic) bond motifs is 2. The lowest BCUT2D eigenvalue weighted by Crippen LogP contribution is -2.32. The molecule has 2 amide bonds. The number of carbonyl (C=O) groups is 2. The van der Waals surface area contributed by atoms with Crippen LogP contribution in [0.1, 0.15) is 45.2 Å². The Kier molecular flexibility index (Phi) is 9.08. The number of aryl methyl sites for hydroxylation is 2. The molecule has 0 fully saturated rings. The molecule has 2 aromatic carbocycles. The summed E-state index contributed by atoms with van der Waals surface area (Å²) >= 11 is 0. The van der Waals surface area contributed by atoms with E-state index in [0.717, 1.165) is 55.1 Å². The first-order valence-corrected chi connectivity index (χ1v) is 11.0. The smallest absolute Gasteiger partial charge is 0.232 e. The molecule has 0 aliphatic carbocycles. The summed E-state index contributed by atoms with van der Waals surface area (Å²) in [6, 6.07) is 14.1. The van der Waals surface area contributed by atoms with Gasteiger partial charge in [0, 0.05) is 24.6 Å². The monoisotopic (exact) mass is 443 g/mol. The van der Waals surface area contributed by atoms with Gasteiger partial charge in [-0.25, -0.2) is 0 Å². The van der Waals surface area contributed by atoms with Gasteiger partial charge in [-0.2, -0.15) is 0 Å². The second kappa shape index (κ2) is 11.3. The summed E-state index contributed by atoms with van der Waals surface area (Å²) in [5, 5.41) is 2.98. The molecular weight excluding hydrogens is 410 g/mol. The summed E-state index contributed by atoms with van der Waals surface area (Å²) < 4.78 is 0. The second-order valence-electron chi connectivity index (χ2n) is 8.12. The van der Waals surface area contributed by atoms with Crippen molar-refractivity contribution in [2.24, 2.45) is 5.92 Å². The average molecular weight is 444 g/mol. The Labute approximate surface area is 192 Å². The molecule has 0 aromatic heterocycles. The zero-order chi connectivity index (χ0) is 21.7. The summed E-state index contributed by atoms with van der Waals surface area (Å²) in [6.07, 6.45) is 2.21.